The second-order valence-corrected chi connectivity index (χ2v) is 2.67. The highest BCUT2D eigenvalue weighted by atomic mass is 15.5. The molecule has 0 aliphatic rings. The van der Waals surface area contributed by atoms with E-state index in [0.717, 1.165) is 0 Å². The van der Waals surface area contributed by atoms with Gasteiger partial charge in [0.2, 0.25) is 0 Å². The highest BCUT2D eigenvalue weighted by Crippen LogP contribution is 2.03. The van der Waals surface area contributed by atoms with Crippen LogP contribution in [0.3, 0.4) is 0 Å². The Kier molecular flexibility index (Phi) is 3.20. The van der Waals surface area contributed by atoms with Crippen molar-refractivity contribution in [3.05, 3.63) is 0 Å². The molecule has 0 unspecified atom stereocenters. The third kappa shape index (κ3) is 2.44. The van der Waals surface area contributed by atoms with Crippen molar-refractivity contribution in [2.24, 2.45) is 5.22 Å². The minimum atomic E-state index is 0.336. The molecule has 0 atom stereocenters. The Morgan fingerprint density at radius 1 is 1.11 bits per heavy atom. The summed E-state index contributed by atoms with van der Waals surface area (Å²) in [6, 6.07) is 0.671. The zero-order chi connectivity index (χ0) is 7.44. The van der Waals surface area contributed by atoms with E-state index in [-0.39, 0.29) is 0 Å². The van der Waals surface area contributed by atoms with Gasteiger partial charge in [-0.15, -0.1) is 0 Å². The summed E-state index contributed by atoms with van der Waals surface area (Å²) in [6.45, 7) is 8.10. The molecule has 3 heteroatoms. The molecule has 0 rings (SSSR count). The summed E-state index contributed by atoms with van der Waals surface area (Å²) >= 11 is 0. The molecule has 0 radical (unpaired) electrons. The van der Waals surface area contributed by atoms with Crippen molar-refractivity contribution in [3.63, 3.8) is 0 Å². The third-order valence-corrected chi connectivity index (χ3v) is 1.17. The molecule has 0 saturated heterocycles. The molecular weight excluding hydrogens is 114 g/mol. The molecule has 9 heavy (non-hydrogen) atoms. The topological polar surface area (TPSA) is 39.5 Å². The van der Waals surface area contributed by atoms with Gasteiger partial charge in [-0.2, -0.15) is 5.53 Å². The van der Waals surface area contributed by atoms with Gasteiger partial charge in [-0.05, 0) is 27.7 Å². The Morgan fingerprint density at radius 3 is 1.44 bits per heavy atom. The van der Waals surface area contributed by atoms with Crippen molar-refractivity contribution in [2.75, 3.05) is 0 Å². The van der Waals surface area contributed by atoms with E-state index in [0.29, 0.717) is 12.1 Å². The highest BCUT2D eigenvalue weighted by Gasteiger charge is 2.08. The van der Waals surface area contributed by atoms with Gasteiger partial charge in [0.1, 0.15) is 0 Å². The predicted octanol–water partition coefficient (Wildman–Crippen LogP) is 2.05. The molecule has 0 aromatic rings. The van der Waals surface area contributed by atoms with Gasteiger partial charge < -0.3 is 0 Å². The van der Waals surface area contributed by atoms with E-state index < -0.39 is 0 Å². The molecule has 0 aromatic carbocycles. The van der Waals surface area contributed by atoms with Crippen LogP contribution in [0.5, 0.6) is 0 Å². The van der Waals surface area contributed by atoms with Crippen LogP contribution in [0.2, 0.25) is 0 Å². The van der Waals surface area contributed by atoms with Crippen LogP contribution >= 0.6 is 0 Å². The number of rotatable bonds is 3. The number of nitrogens with zero attached hydrogens (tertiary/aromatic N) is 2. The average molecular weight is 129 g/mol. The minimum Gasteiger partial charge on any atom is -0.274 e. The Bertz CT molecular complexity index is 80.3. The molecule has 0 heterocycles. The van der Waals surface area contributed by atoms with E-state index in [1.54, 1.807) is 5.01 Å². The van der Waals surface area contributed by atoms with Crippen molar-refractivity contribution in [1.82, 2.24) is 5.01 Å². The molecule has 0 amide bonds. The van der Waals surface area contributed by atoms with E-state index in [9.17, 15) is 0 Å². The first-order valence-electron chi connectivity index (χ1n) is 3.25. The third-order valence-electron chi connectivity index (χ3n) is 1.17. The van der Waals surface area contributed by atoms with Crippen LogP contribution in [0.25, 0.3) is 0 Å². The van der Waals surface area contributed by atoms with E-state index in [1.807, 2.05) is 27.7 Å². The van der Waals surface area contributed by atoms with E-state index in [2.05, 4.69) is 5.22 Å². The summed E-state index contributed by atoms with van der Waals surface area (Å²) in [5.41, 5.74) is 6.77. The largest absolute Gasteiger partial charge is 0.274 e. The lowest BCUT2D eigenvalue weighted by Crippen LogP contribution is -2.31. The Hall–Kier alpha value is -0.600. The lowest BCUT2D eigenvalue weighted by Gasteiger charge is -2.24. The molecule has 0 saturated carbocycles. The van der Waals surface area contributed by atoms with Gasteiger partial charge in [0.25, 0.3) is 0 Å². The summed E-state index contributed by atoms with van der Waals surface area (Å²) < 4.78 is 0. The minimum absolute atomic E-state index is 0.336. The van der Waals surface area contributed by atoms with Gasteiger partial charge in [0, 0.05) is 12.1 Å². The normalized spacial score (nSPS) is 10.4. The van der Waals surface area contributed by atoms with E-state index >= 15 is 0 Å². The molecular formula is C6H15N3. The summed E-state index contributed by atoms with van der Waals surface area (Å²) in [5.74, 6) is 0. The van der Waals surface area contributed by atoms with Gasteiger partial charge in [-0.3, -0.25) is 5.01 Å². The van der Waals surface area contributed by atoms with Crippen LogP contribution in [0, 0.1) is 5.53 Å². The smallest absolute Gasteiger partial charge is 0.0434 e. The van der Waals surface area contributed by atoms with Crippen LogP contribution in [0.15, 0.2) is 5.22 Å². The molecule has 54 valence electrons. The monoisotopic (exact) mass is 129 g/mol. The lowest BCUT2D eigenvalue weighted by molar-refractivity contribution is 0.163. The van der Waals surface area contributed by atoms with Crippen LogP contribution in [-0.4, -0.2) is 17.1 Å². The maximum Gasteiger partial charge on any atom is 0.0434 e. The summed E-state index contributed by atoms with van der Waals surface area (Å²) in [7, 11) is 0. The maximum atomic E-state index is 6.77. The maximum absolute atomic E-state index is 6.77. The van der Waals surface area contributed by atoms with Crippen molar-refractivity contribution in [1.29, 1.82) is 5.53 Å². The summed E-state index contributed by atoms with van der Waals surface area (Å²) in [6.07, 6.45) is 0. The first-order chi connectivity index (χ1) is 4.09. The van der Waals surface area contributed by atoms with E-state index in [1.165, 1.54) is 0 Å². The summed E-state index contributed by atoms with van der Waals surface area (Å²) in [5, 5.41) is 5.12. The first-order valence-corrected chi connectivity index (χ1v) is 3.25. The Balaban J connectivity index is 3.82. The first kappa shape index (κ1) is 8.40. The molecule has 1 N–H and O–H groups in total. The molecule has 0 aromatic heterocycles. The standard InChI is InChI=1S/C6H15N3/c1-5(2)9(8-7)6(3)4/h5-7H,1-4H3. The molecule has 0 bridgehead atoms. The van der Waals surface area contributed by atoms with Gasteiger partial charge in [0.15, 0.2) is 0 Å². The zero-order valence-corrected chi connectivity index (χ0v) is 6.55. The number of hydrogen-bond acceptors (Lipinski definition) is 2. The molecule has 0 fully saturated rings. The average Bonchev–Trinajstić information content (AvgIpc) is 1.64. The van der Waals surface area contributed by atoms with Gasteiger partial charge in [-0.25, -0.2) is 0 Å². The van der Waals surface area contributed by atoms with Gasteiger partial charge in [0.05, 0.1) is 0 Å². The highest BCUT2D eigenvalue weighted by molar-refractivity contribution is 4.59. The molecule has 0 aliphatic heterocycles. The Labute approximate surface area is 56.5 Å². The lowest BCUT2D eigenvalue weighted by atomic mass is 10.3. The number of nitrogens with one attached hydrogen (secondary N) is 1. The fourth-order valence-electron chi connectivity index (χ4n) is 0.827. The van der Waals surface area contributed by atoms with Crippen molar-refractivity contribution in [3.8, 4) is 0 Å². The van der Waals surface area contributed by atoms with Crippen LogP contribution < -0.4 is 0 Å². The quantitative estimate of drug-likeness (QED) is 0.459. The predicted molar refractivity (Wildman–Crippen MR) is 37.3 cm³/mol. The molecule has 3 nitrogen and oxygen atoms in total. The second-order valence-electron chi connectivity index (χ2n) is 2.67. The molecule has 0 spiro atoms. The van der Waals surface area contributed by atoms with Gasteiger partial charge >= 0.3 is 0 Å². The summed E-state index contributed by atoms with van der Waals surface area (Å²) in [4.78, 5) is 0. The SMILES string of the molecule is CC(C)N(N=N)C(C)C. The van der Waals surface area contributed by atoms with Crippen molar-refractivity contribution in [2.45, 2.75) is 39.8 Å². The van der Waals surface area contributed by atoms with Crippen molar-refractivity contribution < 1.29 is 0 Å². The zero-order valence-electron chi connectivity index (χ0n) is 6.55. The number of hydrogen-bond donors (Lipinski definition) is 1. The van der Waals surface area contributed by atoms with Crippen LogP contribution in [0.4, 0.5) is 0 Å². The Morgan fingerprint density at radius 2 is 1.44 bits per heavy atom. The van der Waals surface area contributed by atoms with Gasteiger partial charge in [-0.1, -0.05) is 5.22 Å². The fourth-order valence-corrected chi connectivity index (χ4v) is 0.827. The van der Waals surface area contributed by atoms with Crippen LogP contribution in [-0.2, 0) is 0 Å². The van der Waals surface area contributed by atoms with Crippen molar-refractivity contribution >= 4 is 0 Å². The second kappa shape index (κ2) is 3.43. The van der Waals surface area contributed by atoms with E-state index in [4.69, 9.17) is 5.53 Å². The van der Waals surface area contributed by atoms with Crippen LogP contribution in [0.1, 0.15) is 27.7 Å². The fraction of sp³-hybridized carbons (Fsp3) is 1.00. The molecule has 0 aliphatic carbocycles.